The fourth-order valence-electron chi connectivity index (χ4n) is 4.04. The standard InChI is InChI=1S/C26H30N4O4/c1-18(19-7-9-21(32-2)10-8-19)29-25(31)20-11-15-30(16-12-20)24-26(28-14-13-27-24)34-23-6-4-5-22(17-23)33-3/h4-10,13-14,17-18,20H,11-12,15-16H2,1-3H3,(H,29,31)/t18-/m0/s1. The third-order valence-corrected chi connectivity index (χ3v) is 6.04. The van der Waals surface area contributed by atoms with Gasteiger partial charge in [-0.2, -0.15) is 0 Å². The molecule has 2 heterocycles. The van der Waals surface area contributed by atoms with Crippen molar-refractivity contribution in [1.29, 1.82) is 0 Å². The average molecular weight is 463 g/mol. The maximum absolute atomic E-state index is 12.9. The Labute approximate surface area is 199 Å². The highest BCUT2D eigenvalue weighted by Crippen LogP contribution is 2.32. The number of amides is 1. The van der Waals surface area contributed by atoms with Crippen LogP contribution in [0.4, 0.5) is 5.82 Å². The molecule has 1 N–H and O–H groups in total. The zero-order valence-electron chi connectivity index (χ0n) is 19.7. The molecule has 178 valence electrons. The Balaban J connectivity index is 1.35. The van der Waals surface area contributed by atoms with Crippen molar-refractivity contribution in [2.75, 3.05) is 32.2 Å². The number of methoxy groups -OCH3 is 2. The minimum Gasteiger partial charge on any atom is -0.497 e. The van der Waals surface area contributed by atoms with E-state index < -0.39 is 0 Å². The highest BCUT2D eigenvalue weighted by atomic mass is 16.5. The van der Waals surface area contributed by atoms with Crippen LogP contribution in [0.25, 0.3) is 0 Å². The smallest absolute Gasteiger partial charge is 0.263 e. The van der Waals surface area contributed by atoms with Crippen LogP contribution in [-0.2, 0) is 4.79 Å². The topological polar surface area (TPSA) is 85.8 Å². The lowest BCUT2D eigenvalue weighted by atomic mass is 9.95. The van der Waals surface area contributed by atoms with Crippen LogP contribution in [-0.4, -0.2) is 43.2 Å². The van der Waals surface area contributed by atoms with Gasteiger partial charge in [0.15, 0.2) is 5.82 Å². The van der Waals surface area contributed by atoms with Gasteiger partial charge in [-0.05, 0) is 49.6 Å². The van der Waals surface area contributed by atoms with Crippen molar-refractivity contribution in [2.24, 2.45) is 5.92 Å². The Morgan fingerprint density at radius 1 is 0.971 bits per heavy atom. The second kappa shape index (κ2) is 10.9. The van der Waals surface area contributed by atoms with Gasteiger partial charge < -0.3 is 24.4 Å². The van der Waals surface area contributed by atoms with Crippen molar-refractivity contribution < 1.29 is 19.0 Å². The van der Waals surface area contributed by atoms with Crippen LogP contribution >= 0.6 is 0 Å². The number of benzene rings is 2. The molecule has 1 fully saturated rings. The van der Waals surface area contributed by atoms with Gasteiger partial charge in [-0.1, -0.05) is 18.2 Å². The molecular weight excluding hydrogens is 432 g/mol. The second-order valence-electron chi connectivity index (χ2n) is 8.23. The quantitative estimate of drug-likeness (QED) is 0.532. The summed E-state index contributed by atoms with van der Waals surface area (Å²) in [5.41, 5.74) is 1.05. The summed E-state index contributed by atoms with van der Waals surface area (Å²) in [5.74, 6) is 3.28. The highest BCUT2D eigenvalue weighted by Gasteiger charge is 2.28. The van der Waals surface area contributed by atoms with Crippen LogP contribution in [0.1, 0.15) is 31.4 Å². The van der Waals surface area contributed by atoms with Crippen molar-refractivity contribution in [2.45, 2.75) is 25.8 Å². The molecule has 2 aromatic carbocycles. The predicted molar refractivity (Wildman–Crippen MR) is 130 cm³/mol. The summed E-state index contributed by atoms with van der Waals surface area (Å²) in [6.45, 7) is 3.39. The first-order chi connectivity index (χ1) is 16.6. The zero-order chi connectivity index (χ0) is 23.9. The third kappa shape index (κ3) is 5.57. The predicted octanol–water partition coefficient (Wildman–Crippen LogP) is 4.38. The number of carbonyl (C=O) groups excluding carboxylic acids is 1. The molecule has 1 amide bonds. The largest absolute Gasteiger partial charge is 0.497 e. The molecule has 8 heteroatoms. The third-order valence-electron chi connectivity index (χ3n) is 6.04. The Bertz CT molecular complexity index is 1100. The minimum atomic E-state index is -0.0701. The summed E-state index contributed by atoms with van der Waals surface area (Å²) >= 11 is 0. The molecule has 0 spiro atoms. The van der Waals surface area contributed by atoms with Crippen LogP contribution in [0, 0.1) is 5.92 Å². The van der Waals surface area contributed by atoms with Crippen LogP contribution in [0.3, 0.4) is 0 Å². The number of carbonyl (C=O) groups is 1. The molecule has 1 aliphatic heterocycles. The van der Waals surface area contributed by atoms with E-state index in [0.717, 1.165) is 24.2 Å². The molecule has 0 saturated carbocycles. The van der Waals surface area contributed by atoms with Crippen LogP contribution in [0.15, 0.2) is 60.9 Å². The fourth-order valence-corrected chi connectivity index (χ4v) is 4.04. The van der Waals surface area contributed by atoms with Crippen molar-refractivity contribution in [3.05, 3.63) is 66.5 Å². The van der Waals surface area contributed by atoms with E-state index in [0.29, 0.717) is 36.3 Å². The van der Waals surface area contributed by atoms with E-state index in [-0.39, 0.29) is 17.9 Å². The maximum atomic E-state index is 12.9. The number of rotatable bonds is 8. The van der Waals surface area contributed by atoms with Gasteiger partial charge in [0, 0.05) is 37.5 Å². The number of nitrogens with zero attached hydrogens (tertiary/aromatic N) is 3. The first kappa shape index (κ1) is 23.4. The zero-order valence-corrected chi connectivity index (χ0v) is 19.7. The van der Waals surface area contributed by atoms with Gasteiger partial charge in [0.2, 0.25) is 5.91 Å². The Hall–Kier alpha value is -3.81. The summed E-state index contributed by atoms with van der Waals surface area (Å²) in [4.78, 5) is 23.9. The molecule has 4 rings (SSSR count). The van der Waals surface area contributed by atoms with Crippen molar-refractivity contribution >= 4 is 11.7 Å². The Morgan fingerprint density at radius 3 is 2.35 bits per heavy atom. The average Bonchev–Trinajstić information content (AvgIpc) is 2.89. The molecule has 1 aliphatic rings. The molecule has 0 bridgehead atoms. The summed E-state index contributed by atoms with van der Waals surface area (Å²) < 4.78 is 16.5. The summed E-state index contributed by atoms with van der Waals surface area (Å²) in [5, 5.41) is 3.15. The summed E-state index contributed by atoms with van der Waals surface area (Å²) in [6, 6.07) is 15.1. The lowest BCUT2D eigenvalue weighted by Gasteiger charge is -2.33. The van der Waals surface area contributed by atoms with E-state index in [1.807, 2.05) is 49.4 Å². The normalized spacial score (nSPS) is 14.9. The van der Waals surface area contributed by atoms with E-state index in [1.54, 1.807) is 32.7 Å². The van der Waals surface area contributed by atoms with E-state index in [2.05, 4.69) is 20.2 Å². The summed E-state index contributed by atoms with van der Waals surface area (Å²) in [7, 11) is 3.26. The summed E-state index contributed by atoms with van der Waals surface area (Å²) in [6.07, 6.45) is 4.73. The van der Waals surface area contributed by atoms with E-state index in [9.17, 15) is 4.79 Å². The van der Waals surface area contributed by atoms with Gasteiger partial charge in [-0.15, -0.1) is 0 Å². The van der Waals surface area contributed by atoms with Crippen LogP contribution < -0.4 is 24.4 Å². The molecule has 34 heavy (non-hydrogen) atoms. The molecular formula is C26H30N4O4. The second-order valence-corrected chi connectivity index (χ2v) is 8.23. The van der Waals surface area contributed by atoms with Crippen molar-refractivity contribution in [3.8, 4) is 23.1 Å². The molecule has 1 saturated heterocycles. The molecule has 0 radical (unpaired) electrons. The fraction of sp³-hybridized carbons (Fsp3) is 0.346. The molecule has 0 unspecified atom stereocenters. The molecule has 0 aliphatic carbocycles. The number of anilines is 1. The molecule has 3 aromatic rings. The van der Waals surface area contributed by atoms with Crippen LogP contribution in [0.2, 0.25) is 0 Å². The van der Waals surface area contributed by atoms with Crippen molar-refractivity contribution in [1.82, 2.24) is 15.3 Å². The number of aromatic nitrogens is 2. The SMILES string of the molecule is COc1ccc([C@H](C)NC(=O)C2CCN(c3nccnc3Oc3cccc(OC)c3)CC2)cc1. The van der Waals surface area contributed by atoms with Crippen LogP contribution in [0.5, 0.6) is 23.1 Å². The Kier molecular flexibility index (Phi) is 7.47. The number of piperidine rings is 1. The molecule has 1 atom stereocenters. The Morgan fingerprint density at radius 2 is 1.65 bits per heavy atom. The van der Waals surface area contributed by atoms with Gasteiger partial charge in [0.05, 0.1) is 20.3 Å². The van der Waals surface area contributed by atoms with Gasteiger partial charge in [0.1, 0.15) is 17.2 Å². The first-order valence-electron chi connectivity index (χ1n) is 11.4. The number of hydrogen-bond donors (Lipinski definition) is 1. The van der Waals surface area contributed by atoms with E-state index >= 15 is 0 Å². The number of ether oxygens (including phenoxy) is 3. The van der Waals surface area contributed by atoms with Crippen molar-refractivity contribution in [3.63, 3.8) is 0 Å². The number of hydrogen-bond acceptors (Lipinski definition) is 7. The minimum absolute atomic E-state index is 0.0450. The highest BCUT2D eigenvalue weighted by molar-refractivity contribution is 5.79. The lowest BCUT2D eigenvalue weighted by Crippen LogP contribution is -2.41. The van der Waals surface area contributed by atoms with E-state index in [1.165, 1.54) is 0 Å². The van der Waals surface area contributed by atoms with Gasteiger partial charge >= 0.3 is 0 Å². The van der Waals surface area contributed by atoms with E-state index in [4.69, 9.17) is 14.2 Å². The lowest BCUT2D eigenvalue weighted by molar-refractivity contribution is -0.126. The molecule has 1 aromatic heterocycles. The molecule has 8 nitrogen and oxygen atoms in total. The first-order valence-corrected chi connectivity index (χ1v) is 11.4. The maximum Gasteiger partial charge on any atom is 0.263 e. The van der Waals surface area contributed by atoms with Gasteiger partial charge in [-0.3, -0.25) is 4.79 Å². The number of nitrogens with one attached hydrogen (secondary N) is 1. The monoisotopic (exact) mass is 462 g/mol. The van der Waals surface area contributed by atoms with Gasteiger partial charge in [0.25, 0.3) is 5.88 Å². The van der Waals surface area contributed by atoms with Gasteiger partial charge in [-0.25, -0.2) is 9.97 Å².